The van der Waals surface area contributed by atoms with Gasteiger partial charge in [-0.25, -0.2) is 0 Å². The van der Waals surface area contributed by atoms with Crippen molar-refractivity contribution >= 4 is 0 Å². The van der Waals surface area contributed by atoms with Crippen LogP contribution in [0.5, 0.6) is 0 Å². The Labute approximate surface area is 131 Å². The lowest BCUT2D eigenvalue weighted by atomic mass is 9.92. The number of ether oxygens (including phenoxy) is 1. The van der Waals surface area contributed by atoms with Crippen molar-refractivity contribution in [1.82, 2.24) is 0 Å². The van der Waals surface area contributed by atoms with Crippen LogP contribution in [0.3, 0.4) is 0 Å². The predicted octanol–water partition coefficient (Wildman–Crippen LogP) is 5.97. The molecular formula is C20H32O. The number of fused-ring (bicyclic) bond motifs is 1. The van der Waals surface area contributed by atoms with E-state index in [1.165, 1.54) is 36.8 Å². The zero-order valence-corrected chi connectivity index (χ0v) is 14.5. The number of rotatable bonds is 1. The highest BCUT2D eigenvalue weighted by molar-refractivity contribution is 5.20. The number of hydrogen-bond acceptors (Lipinski definition) is 1. The molecule has 1 saturated heterocycles. The van der Waals surface area contributed by atoms with Gasteiger partial charge in [0.25, 0.3) is 0 Å². The van der Waals surface area contributed by atoms with Crippen molar-refractivity contribution in [2.75, 3.05) is 0 Å². The molecule has 0 radical (unpaired) electrons. The Morgan fingerprint density at radius 1 is 1.10 bits per heavy atom. The van der Waals surface area contributed by atoms with Crippen molar-refractivity contribution in [3.8, 4) is 0 Å². The van der Waals surface area contributed by atoms with E-state index >= 15 is 0 Å². The highest BCUT2D eigenvalue weighted by Gasteiger charge is 2.50. The summed E-state index contributed by atoms with van der Waals surface area (Å²) in [5.41, 5.74) is 4.74. The fourth-order valence-corrected chi connectivity index (χ4v) is 3.18. The number of allylic oxidation sites excluding steroid dienone is 6. The van der Waals surface area contributed by atoms with Crippen LogP contribution in [-0.4, -0.2) is 11.7 Å². The zero-order valence-electron chi connectivity index (χ0n) is 14.5. The Hall–Kier alpha value is -0.820. The second-order valence-electron chi connectivity index (χ2n) is 7.46. The predicted molar refractivity (Wildman–Crippen MR) is 91.4 cm³/mol. The minimum atomic E-state index is 0.153. The molecule has 1 aliphatic carbocycles. The maximum Gasteiger partial charge on any atom is 0.0923 e. The van der Waals surface area contributed by atoms with Gasteiger partial charge in [-0.05, 0) is 65.2 Å². The minimum absolute atomic E-state index is 0.153. The van der Waals surface area contributed by atoms with E-state index in [1.54, 1.807) is 5.57 Å². The maximum absolute atomic E-state index is 5.95. The van der Waals surface area contributed by atoms with Crippen LogP contribution in [0.25, 0.3) is 0 Å². The van der Waals surface area contributed by atoms with Gasteiger partial charge in [-0.3, -0.25) is 0 Å². The molecular weight excluding hydrogens is 256 g/mol. The van der Waals surface area contributed by atoms with E-state index in [1.807, 2.05) is 0 Å². The van der Waals surface area contributed by atoms with Gasteiger partial charge in [-0.1, -0.05) is 48.8 Å². The van der Waals surface area contributed by atoms with Crippen molar-refractivity contribution in [2.45, 2.75) is 84.8 Å². The summed E-state index contributed by atoms with van der Waals surface area (Å²) in [7, 11) is 0. The van der Waals surface area contributed by atoms with Crippen LogP contribution < -0.4 is 0 Å². The van der Waals surface area contributed by atoms with Crippen molar-refractivity contribution in [3.05, 3.63) is 34.9 Å². The Kier molecular flexibility index (Phi) is 5.48. The lowest BCUT2D eigenvalue weighted by Crippen LogP contribution is -2.09. The molecule has 2 unspecified atom stereocenters. The Balaban J connectivity index is 2.11. The van der Waals surface area contributed by atoms with Crippen LogP contribution >= 0.6 is 0 Å². The van der Waals surface area contributed by atoms with Gasteiger partial charge in [0.15, 0.2) is 0 Å². The molecule has 1 heterocycles. The van der Waals surface area contributed by atoms with Crippen LogP contribution in [-0.2, 0) is 4.74 Å². The molecule has 0 aromatic rings. The summed E-state index contributed by atoms with van der Waals surface area (Å²) in [5.74, 6) is 0.643. The minimum Gasteiger partial charge on any atom is -0.366 e. The van der Waals surface area contributed by atoms with Gasteiger partial charge in [0.1, 0.15) is 0 Å². The first-order valence-corrected chi connectivity index (χ1v) is 8.60. The quantitative estimate of drug-likeness (QED) is 0.427. The molecule has 1 nitrogen and oxygen atoms in total. The van der Waals surface area contributed by atoms with Crippen LogP contribution in [0.4, 0.5) is 0 Å². The SMILES string of the molecule is CC1=CCCC2(C)OC2CCC(C)=CC=C(C(C)C)CC1. The van der Waals surface area contributed by atoms with Gasteiger partial charge in [-0.2, -0.15) is 0 Å². The Morgan fingerprint density at radius 3 is 2.57 bits per heavy atom. The normalized spacial score (nSPS) is 31.7. The summed E-state index contributed by atoms with van der Waals surface area (Å²) in [6, 6.07) is 0. The standard InChI is InChI=1S/C20H32O/c1-15(2)18-11-8-16(3)7-6-14-20(5)19(21-20)13-10-17(4)9-12-18/h7,9,12,15,19H,6,8,10-11,13-14H2,1-5H3. The monoisotopic (exact) mass is 288 g/mol. The average Bonchev–Trinajstić information content (AvgIpc) is 3.06. The van der Waals surface area contributed by atoms with E-state index in [9.17, 15) is 0 Å². The summed E-state index contributed by atoms with van der Waals surface area (Å²) in [5, 5.41) is 0. The first-order chi connectivity index (χ1) is 9.90. The van der Waals surface area contributed by atoms with Crippen molar-refractivity contribution in [3.63, 3.8) is 0 Å². The highest BCUT2D eigenvalue weighted by Crippen LogP contribution is 2.43. The van der Waals surface area contributed by atoms with Crippen LogP contribution in [0.2, 0.25) is 0 Å². The molecule has 0 saturated carbocycles. The molecule has 0 aromatic carbocycles. The molecule has 1 aliphatic heterocycles. The van der Waals surface area contributed by atoms with Gasteiger partial charge in [0.05, 0.1) is 11.7 Å². The van der Waals surface area contributed by atoms with Crippen LogP contribution in [0, 0.1) is 5.92 Å². The highest BCUT2D eigenvalue weighted by atomic mass is 16.6. The molecule has 2 rings (SSSR count). The second-order valence-corrected chi connectivity index (χ2v) is 7.46. The molecule has 0 amide bonds. The molecule has 21 heavy (non-hydrogen) atoms. The molecule has 2 atom stereocenters. The second kappa shape index (κ2) is 6.96. The first kappa shape index (κ1) is 16.5. The topological polar surface area (TPSA) is 12.5 Å². The maximum atomic E-state index is 5.95. The molecule has 1 fully saturated rings. The van der Waals surface area contributed by atoms with E-state index in [0.717, 1.165) is 12.8 Å². The molecule has 0 N–H and O–H groups in total. The molecule has 1 heteroatoms. The summed E-state index contributed by atoms with van der Waals surface area (Å²) < 4.78 is 5.95. The van der Waals surface area contributed by atoms with Crippen molar-refractivity contribution < 1.29 is 4.74 Å². The van der Waals surface area contributed by atoms with Gasteiger partial charge in [0, 0.05) is 0 Å². The third-order valence-corrected chi connectivity index (χ3v) is 5.10. The van der Waals surface area contributed by atoms with E-state index < -0.39 is 0 Å². The smallest absolute Gasteiger partial charge is 0.0923 e. The summed E-state index contributed by atoms with van der Waals surface area (Å²) in [6.45, 7) is 11.4. The molecule has 0 bridgehead atoms. The van der Waals surface area contributed by atoms with E-state index in [-0.39, 0.29) is 5.60 Å². The van der Waals surface area contributed by atoms with Gasteiger partial charge in [0.2, 0.25) is 0 Å². The number of hydrogen-bond donors (Lipinski definition) is 0. The van der Waals surface area contributed by atoms with Crippen molar-refractivity contribution in [1.29, 1.82) is 0 Å². The summed E-state index contributed by atoms with van der Waals surface area (Å²) in [6.07, 6.45) is 14.7. The van der Waals surface area contributed by atoms with Crippen LogP contribution in [0.1, 0.15) is 73.1 Å². The Morgan fingerprint density at radius 2 is 1.86 bits per heavy atom. The van der Waals surface area contributed by atoms with Gasteiger partial charge in [-0.15, -0.1) is 0 Å². The van der Waals surface area contributed by atoms with E-state index in [0.29, 0.717) is 12.0 Å². The largest absolute Gasteiger partial charge is 0.366 e. The average molecular weight is 288 g/mol. The fourth-order valence-electron chi connectivity index (χ4n) is 3.18. The third kappa shape index (κ3) is 4.85. The zero-order chi connectivity index (χ0) is 15.5. The lowest BCUT2D eigenvalue weighted by Gasteiger charge is -2.12. The molecule has 0 aromatic heterocycles. The molecule has 118 valence electrons. The Bertz CT molecular complexity index is 452. The summed E-state index contributed by atoms with van der Waals surface area (Å²) >= 11 is 0. The van der Waals surface area contributed by atoms with Gasteiger partial charge < -0.3 is 4.74 Å². The first-order valence-electron chi connectivity index (χ1n) is 8.60. The summed E-state index contributed by atoms with van der Waals surface area (Å²) in [4.78, 5) is 0. The van der Waals surface area contributed by atoms with Crippen LogP contribution in [0.15, 0.2) is 34.9 Å². The van der Waals surface area contributed by atoms with Crippen molar-refractivity contribution in [2.24, 2.45) is 5.92 Å². The van der Waals surface area contributed by atoms with E-state index in [2.05, 4.69) is 52.8 Å². The lowest BCUT2D eigenvalue weighted by molar-refractivity contribution is 0.295. The fraction of sp³-hybridized carbons (Fsp3) is 0.700. The molecule has 2 aliphatic rings. The van der Waals surface area contributed by atoms with E-state index in [4.69, 9.17) is 4.74 Å². The molecule has 0 spiro atoms. The number of epoxide rings is 1. The van der Waals surface area contributed by atoms with Gasteiger partial charge >= 0.3 is 0 Å². The third-order valence-electron chi connectivity index (χ3n) is 5.10.